The topological polar surface area (TPSA) is 75.6 Å². The first-order chi connectivity index (χ1) is 10.2. The van der Waals surface area contributed by atoms with Crippen LogP contribution in [0.5, 0.6) is 0 Å². The molecule has 1 aromatic carbocycles. The van der Waals surface area contributed by atoms with E-state index in [1.54, 1.807) is 20.8 Å². The fraction of sp³-hybridized carbons (Fsp3) is 0.375. The van der Waals surface area contributed by atoms with E-state index in [1.165, 1.54) is 11.3 Å². The van der Waals surface area contributed by atoms with Crippen LogP contribution >= 0.6 is 11.3 Å². The number of aliphatic carboxylic acids is 1. The summed E-state index contributed by atoms with van der Waals surface area (Å²) in [4.78, 5) is 23.2. The lowest BCUT2D eigenvalue weighted by Gasteiger charge is -2.21. The van der Waals surface area contributed by atoms with Gasteiger partial charge >= 0.3 is 11.9 Å². The van der Waals surface area contributed by atoms with Crippen LogP contribution in [-0.2, 0) is 14.3 Å². The normalized spacial score (nSPS) is 12.9. The molecule has 5 nitrogen and oxygen atoms in total. The number of carbonyl (C=O) groups is 2. The van der Waals surface area contributed by atoms with Crippen LogP contribution in [0.3, 0.4) is 0 Å². The molecule has 0 unspecified atom stereocenters. The van der Waals surface area contributed by atoms with Crippen molar-refractivity contribution in [2.24, 2.45) is 0 Å². The Morgan fingerprint density at radius 3 is 2.59 bits per heavy atom. The maximum Gasteiger partial charge on any atom is 0.326 e. The summed E-state index contributed by atoms with van der Waals surface area (Å²) in [7, 11) is 0. The average molecular weight is 321 g/mol. The molecule has 0 saturated carbocycles. The minimum Gasteiger partial charge on any atom is -0.480 e. The van der Waals surface area contributed by atoms with E-state index in [4.69, 9.17) is 4.74 Å². The van der Waals surface area contributed by atoms with E-state index in [1.807, 2.05) is 30.3 Å². The number of benzene rings is 1. The van der Waals surface area contributed by atoms with Gasteiger partial charge in [-0.15, -0.1) is 11.3 Å². The monoisotopic (exact) mass is 321 g/mol. The smallest absolute Gasteiger partial charge is 0.326 e. The second-order valence-electron chi connectivity index (χ2n) is 5.97. The van der Waals surface area contributed by atoms with Gasteiger partial charge in [0.05, 0.1) is 11.4 Å². The maximum absolute atomic E-state index is 11.8. The first-order valence-electron chi connectivity index (χ1n) is 6.94. The van der Waals surface area contributed by atoms with Gasteiger partial charge in [-0.1, -0.05) is 18.2 Å². The molecule has 2 aromatic rings. The molecular formula is C16H19NO4S. The highest BCUT2D eigenvalue weighted by atomic mass is 32.1. The summed E-state index contributed by atoms with van der Waals surface area (Å²) < 4.78 is 6.24. The van der Waals surface area contributed by atoms with Crippen LogP contribution in [0, 0.1) is 0 Å². The zero-order chi connectivity index (χ0) is 16.3. The first-order valence-corrected chi connectivity index (χ1v) is 7.76. The lowest BCUT2D eigenvalue weighted by molar-refractivity contribution is -0.157. The molecule has 0 aliphatic heterocycles. The molecule has 1 aromatic heterocycles. The third kappa shape index (κ3) is 4.46. The van der Waals surface area contributed by atoms with Crippen molar-refractivity contribution >= 4 is 38.4 Å². The van der Waals surface area contributed by atoms with E-state index >= 15 is 0 Å². The number of esters is 1. The van der Waals surface area contributed by atoms with Crippen LogP contribution in [0.1, 0.15) is 27.2 Å². The van der Waals surface area contributed by atoms with E-state index in [-0.39, 0.29) is 6.42 Å². The number of hydrogen-bond acceptors (Lipinski definition) is 5. The van der Waals surface area contributed by atoms with E-state index in [9.17, 15) is 14.7 Å². The highest BCUT2D eigenvalue weighted by Crippen LogP contribution is 2.30. The molecule has 0 spiro atoms. The summed E-state index contributed by atoms with van der Waals surface area (Å²) in [6, 6.07) is 8.65. The van der Waals surface area contributed by atoms with E-state index in [0.29, 0.717) is 0 Å². The number of fused-ring (bicyclic) bond motifs is 1. The second kappa shape index (κ2) is 6.36. The van der Waals surface area contributed by atoms with Crippen LogP contribution in [0.2, 0.25) is 0 Å². The first kappa shape index (κ1) is 16.3. The lowest BCUT2D eigenvalue weighted by atomic mass is 10.1. The SMILES string of the molecule is CC(C)(C)OC(=O)C[C@H](Nc1cc2ccccc2s1)C(=O)O. The molecule has 1 atom stereocenters. The molecule has 118 valence electrons. The minimum atomic E-state index is -1.08. The predicted molar refractivity (Wildman–Crippen MR) is 87.3 cm³/mol. The molecule has 0 radical (unpaired) electrons. The Morgan fingerprint density at radius 2 is 2.00 bits per heavy atom. The standard InChI is InChI=1S/C16H19NO4S/c1-16(2,3)21-14(18)9-11(15(19)20)17-13-8-10-6-4-5-7-12(10)22-13/h4-8,11,17H,9H2,1-3H3,(H,19,20)/t11-/m0/s1. The fourth-order valence-corrected chi connectivity index (χ4v) is 2.99. The highest BCUT2D eigenvalue weighted by Gasteiger charge is 2.25. The average Bonchev–Trinajstić information content (AvgIpc) is 2.77. The molecule has 2 N–H and O–H groups in total. The van der Waals surface area contributed by atoms with Gasteiger partial charge < -0.3 is 15.2 Å². The summed E-state index contributed by atoms with van der Waals surface area (Å²) in [5.41, 5.74) is -0.627. The minimum absolute atomic E-state index is 0.221. The Kier molecular flexibility index (Phi) is 4.71. The van der Waals surface area contributed by atoms with Crippen LogP contribution in [-0.4, -0.2) is 28.7 Å². The van der Waals surface area contributed by atoms with Gasteiger partial charge in [0.2, 0.25) is 0 Å². The largest absolute Gasteiger partial charge is 0.480 e. The molecule has 1 heterocycles. The number of rotatable bonds is 5. The second-order valence-corrected chi connectivity index (χ2v) is 7.06. The third-order valence-electron chi connectivity index (χ3n) is 2.83. The summed E-state index contributed by atoms with van der Waals surface area (Å²) >= 11 is 1.46. The molecule has 0 fully saturated rings. The van der Waals surface area contributed by atoms with Gasteiger partial charge in [-0.3, -0.25) is 4.79 Å². The molecule has 0 aliphatic carbocycles. The van der Waals surface area contributed by atoms with Crippen molar-refractivity contribution in [1.82, 2.24) is 0 Å². The Hall–Kier alpha value is -2.08. The number of thiophene rings is 1. The Labute approximate surface area is 132 Å². The van der Waals surface area contributed by atoms with Crippen LogP contribution in [0.4, 0.5) is 5.00 Å². The van der Waals surface area contributed by atoms with E-state index < -0.39 is 23.6 Å². The molecule has 0 aliphatic rings. The van der Waals surface area contributed by atoms with Gasteiger partial charge in [0, 0.05) is 4.70 Å². The molecule has 6 heteroatoms. The van der Waals surface area contributed by atoms with Crippen molar-refractivity contribution < 1.29 is 19.4 Å². The number of hydrogen-bond donors (Lipinski definition) is 2. The zero-order valence-corrected chi connectivity index (χ0v) is 13.6. The van der Waals surface area contributed by atoms with Gasteiger partial charge in [0.15, 0.2) is 0 Å². The molecule has 2 rings (SSSR count). The number of nitrogens with one attached hydrogen (secondary N) is 1. The van der Waals surface area contributed by atoms with Crippen molar-refractivity contribution in [3.05, 3.63) is 30.3 Å². The third-order valence-corrected chi connectivity index (χ3v) is 3.88. The number of carboxylic acids is 1. The molecule has 22 heavy (non-hydrogen) atoms. The van der Waals surface area contributed by atoms with Crippen molar-refractivity contribution in [1.29, 1.82) is 0 Å². The highest BCUT2D eigenvalue weighted by molar-refractivity contribution is 7.22. The zero-order valence-electron chi connectivity index (χ0n) is 12.8. The summed E-state index contributed by atoms with van der Waals surface area (Å²) in [5, 5.41) is 14.0. The van der Waals surface area contributed by atoms with Crippen LogP contribution < -0.4 is 5.32 Å². The number of carboxylic acid groups (broad SMARTS) is 1. The van der Waals surface area contributed by atoms with Crippen molar-refractivity contribution in [3.63, 3.8) is 0 Å². The molecule has 0 saturated heterocycles. The Bertz CT molecular complexity index is 654. The van der Waals surface area contributed by atoms with Gasteiger partial charge in [0.25, 0.3) is 0 Å². The van der Waals surface area contributed by atoms with Crippen molar-refractivity contribution in [3.8, 4) is 0 Å². The summed E-state index contributed by atoms with van der Waals surface area (Å²) in [6.45, 7) is 5.25. The van der Waals surface area contributed by atoms with Crippen molar-refractivity contribution in [2.75, 3.05) is 5.32 Å². The Morgan fingerprint density at radius 1 is 1.32 bits per heavy atom. The Balaban J connectivity index is 2.08. The van der Waals surface area contributed by atoms with Crippen LogP contribution in [0.15, 0.2) is 30.3 Å². The van der Waals surface area contributed by atoms with Crippen molar-refractivity contribution in [2.45, 2.75) is 38.8 Å². The maximum atomic E-state index is 11.8. The van der Waals surface area contributed by atoms with E-state index in [2.05, 4.69) is 5.32 Å². The van der Waals surface area contributed by atoms with E-state index in [0.717, 1.165) is 15.1 Å². The summed E-state index contributed by atoms with van der Waals surface area (Å²) in [6.07, 6.45) is -0.221. The predicted octanol–water partition coefficient (Wildman–Crippen LogP) is 3.50. The molecule has 0 bridgehead atoms. The molecular weight excluding hydrogens is 302 g/mol. The number of carbonyl (C=O) groups excluding carboxylic acids is 1. The lowest BCUT2D eigenvalue weighted by Crippen LogP contribution is -2.34. The number of anilines is 1. The summed E-state index contributed by atoms with van der Waals surface area (Å²) in [5.74, 6) is -1.61. The quantitative estimate of drug-likeness (QED) is 0.824. The van der Waals surface area contributed by atoms with Crippen LogP contribution in [0.25, 0.3) is 10.1 Å². The molecule has 0 amide bonds. The van der Waals surface area contributed by atoms with Gasteiger partial charge in [0.1, 0.15) is 11.6 Å². The van der Waals surface area contributed by atoms with Gasteiger partial charge in [-0.2, -0.15) is 0 Å². The van der Waals surface area contributed by atoms with Gasteiger partial charge in [-0.25, -0.2) is 4.79 Å². The number of ether oxygens (including phenoxy) is 1. The van der Waals surface area contributed by atoms with Gasteiger partial charge in [-0.05, 0) is 38.3 Å². The fourth-order valence-electron chi connectivity index (χ4n) is 1.97.